The Morgan fingerprint density at radius 2 is 1.83 bits per heavy atom. The number of amides is 1. The quantitative estimate of drug-likeness (QED) is 0.427. The van der Waals surface area contributed by atoms with Crippen LogP contribution in [0.4, 0.5) is 0 Å². The molecule has 29 heavy (non-hydrogen) atoms. The molecule has 5 atom stereocenters. The van der Waals surface area contributed by atoms with Gasteiger partial charge in [0.2, 0.25) is 5.91 Å². The van der Waals surface area contributed by atoms with Crippen LogP contribution >= 0.6 is 0 Å². The van der Waals surface area contributed by atoms with Gasteiger partial charge in [-0.05, 0) is 43.9 Å². The van der Waals surface area contributed by atoms with E-state index in [4.69, 9.17) is 4.79 Å². The number of ether oxygens (including phenoxy) is 1. The van der Waals surface area contributed by atoms with Crippen LogP contribution in [-0.2, 0) is 19.1 Å². The molecule has 6 heteroatoms. The average molecular weight is 410 g/mol. The Morgan fingerprint density at radius 3 is 2.38 bits per heavy atom. The first-order valence-electron chi connectivity index (χ1n) is 11.1. The van der Waals surface area contributed by atoms with E-state index < -0.39 is 11.6 Å². The predicted molar refractivity (Wildman–Crippen MR) is 113 cm³/mol. The van der Waals surface area contributed by atoms with Crippen LogP contribution < -0.4 is 0 Å². The van der Waals surface area contributed by atoms with E-state index in [1.54, 1.807) is 0 Å². The Bertz CT molecular complexity index is 549. The van der Waals surface area contributed by atoms with E-state index in [2.05, 4.69) is 16.9 Å². The molecule has 1 saturated carbocycles. The molecule has 166 valence electrons. The van der Waals surface area contributed by atoms with Crippen LogP contribution in [0.5, 0.6) is 0 Å². The lowest BCUT2D eigenvalue weighted by Crippen LogP contribution is -2.43. The molecule has 4 aliphatic rings. The molecule has 0 spiro atoms. The number of allylic oxidation sites excluding steroid dienone is 2. The van der Waals surface area contributed by atoms with Crippen LogP contribution in [0.2, 0.25) is 0 Å². The highest BCUT2D eigenvalue weighted by Gasteiger charge is 2.55. The lowest BCUT2D eigenvalue weighted by molar-refractivity contribution is -0.143. The predicted octanol–water partition coefficient (Wildman–Crippen LogP) is 3.72. The zero-order valence-electron chi connectivity index (χ0n) is 18.5. The van der Waals surface area contributed by atoms with Gasteiger partial charge in [-0.2, -0.15) is 0 Å². The fourth-order valence-electron chi connectivity index (χ4n) is 4.77. The summed E-state index contributed by atoms with van der Waals surface area (Å²) >= 11 is 0. The molecular formula is C23H39NO5. The number of nitrogens with zero attached hydrogens (tertiary/aromatic N) is 1. The number of fused-ring (bicyclic) bond motifs is 2. The maximum atomic E-state index is 11.5. The van der Waals surface area contributed by atoms with Gasteiger partial charge in [0.1, 0.15) is 12.0 Å². The molecular weight excluding hydrogens is 370 g/mol. The topological polar surface area (TPSA) is 83.9 Å². The third-order valence-electron chi connectivity index (χ3n) is 6.46. The molecule has 2 aliphatic heterocycles. The third-order valence-corrected chi connectivity index (χ3v) is 6.46. The van der Waals surface area contributed by atoms with Crippen LogP contribution in [-0.4, -0.2) is 48.1 Å². The summed E-state index contributed by atoms with van der Waals surface area (Å²) in [4.78, 5) is 32.4. The van der Waals surface area contributed by atoms with E-state index in [9.17, 15) is 14.7 Å². The second-order valence-corrected chi connectivity index (χ2v) is 8.05. The van der Waals surface area contributed by atoms with Gasteiger partial charge in [0.25, 0.3) is 6.47 Å². The van der Waals surface area contributed by atoms with Crippen LogP contribution in [0, 0.1) is 23.7 Å². The molecule has 0 aromatic heterocycles. The molecule has 1 amide bonds. The SMILES string of the molecule is C1=C[C@H]2CCCCC2CC1.CC.CC1CCN2C(=O)C(C=O)C[C@]12O.COC=O. The van der Waals surface area contributed by atoms with Crippen LogP contribution in [0.3, 0.4) is 0 Å². The second-order valence-electron chi connectivity index (χ2n) is 8.05. The average Bonchev–Trinajstić information content (AvgIpc) is 3.21. The highest BCUT2D eigenvalue weighted by atomic mass is 16.5. The van der Waals surface area contributed by atoms with Gasteiger partial charge in [-0.1, -0.05) is 45.8 Å². The normalized spacial score (nSPS) is 34.1. The first-order chi connectivity index (χ1) is 14.0. The summed E-state index contributed by atoms with van der Waals surface area (Å²) in [5, 5.41) is 10.1. The Hall–Kier alpha value is -1.69. The molecule has 0 radical (unpaired) electrons. The summed E-state index contributed by atoms with van der Waals surface area (Å²) in [7, 11) is 1.31. The lowest BCUT2D eigenvalue weighted by Gasteiger charge is -2.31. The number of aliphatic hydroxyl groups is 1. The summed E-state index contributed by atoms with van der Waals surface area (Å²) in [6.45, 7) is 6.88. The van der Waals surface area contributed by atoms with Gasteiger partial charge in [-0.25, -0.2) is 0 Å². The number of rotatable bonds is 2. The summed E-state index contributed by atoms with van der Waals surface area (Å²) in [6, 6.07) is 0. The Labute approximate surface area is 175 Å². The highest BCUT2D eigenvalue weighted by Crippen LogP contribution is 2.43. The molecule has 3 fully saturated rings. The monoisotopic (exact) mass is 409 g/mol. The molecule has 2 aliphatic carbocycles. The molecule has 0 aromatic rings. The van der Waals surface area contributed by atoms with Gasteiger partial charge in [-0.15, -0.1) is 0 Å². The van der Waals surface area contributed by atoms with Gasteiger partial charge < -0.3 is 19.5 Å². The van der Waals surface area contributed by atoms with Crippen LogP contribution in [0.25, 0.3) is 0 Å². The number of aldehydes is 1. The smallest absolute Gasteiger partial charge is 0.292 e. The number of carbonyl (C=O) groups is 3. The maximum Gasteiger partial charge on any atom is 0.292 e. The van der Waals surface area contributed by atoms with E-state index in [0.29, 0.717) is 19.3 Å². The zero-order chi connectivity index (χ0) is 21.9. The molecule has 0 bridgehead atoms. The van der Waals surface area contributed by atoms with Crippen molar-refractivity contribution in [2.75, 3.05) is 13.7 Å². The minimum atomic E-state index is -1.04. The van der Waals surface area contributed by atoms with Gasteiger partial charge in [0.05, 0.1) is 13.0 Å². The first-order valence-corrected chi connectivity index (χ1v) is 11.1. The van der Waals surface area contributed by atoms with Crippen molar-refractivity contribution in [1.82, 2.24) is 4.90 Å². The fraction of sp³-hybridized carbons (Fsp3) is 0.783. The zero-order valence-corrected chi connectivity index (χ0v) is 18.5. The summed E-state index contributed by atoms with van der Waals surface area (Å²) in [6.07, 6.45) is 15.4. The fourth-order valence-corrected chi connectivity index (χ4v) is 4.77. The van der Waals surface area contributed by atoms with Crippen molar-refractivity contribution in [3.63, 3.8) is 0 Å². The van der Waals surface area contributed by atoms with Crippen LogP contribution in [0.15, 0.2) is 12.2 Å². The van der Waals surface area contributed by atoms with Crippen molar-refractivity contribution < 1.29 is 24.2 Å². The molecule has 1 N–H and O–H groups in total. The minimum absolute atomic E-state index is 0.0846. The van der Waals surface area contributed by atoms with Gasteiger partial charge in [0, 0.05) is 18.9 Å². The van der Waals surface area contributed by atoms with E-state index in [1.165, 1.54) is 50.5 Å². The Kier molecular flexibility index (Phi) is 11.2. The number of hydrogen-bond acceptors (Lipinski definition) is 5. The van der Waals surface area contributed by atoms with E-state index in [1.807, 2.05) is 20.8 Å². The Morgan fingerprint density at radius 1 is 1.17 bits per heavy atom. The van der Waals surface area contributed by atoms with Crippen molar-refractivity contribution in [2.45, 2.75) is 77.9 Å². The van der Waals surface area contributed by atoms with E-state index >= 15 is 0 Å². The van der Waals surface area contributed by atoms with Gasteiger partial charge in [-0.3, -0.25) is 9.59 Å². The van der Waals surface area contributed by atoms with Gasteiger partial charge in [0.15, 0.2) is 0 Å². The van der Waals surface area contributed by atoms with Crippen molar-refractivity contribution in [2.24, 2.45) is 23.7 Å². The minimum Gasteiger partial charge on any atom is -0.471 e. The molecule has 4 rings (SSSR count). The van der Waals surface area contributed by atoms with Crippen LogP contribution in [0.1, 0.15) is 72.1 Å². The van der Waals surface area contributed by atoms with Gasteiger partial charge >= 0.3 is 0 Å². The largest absolute Gasteiger partial charge is 0.471 e. The van der Waals surface area contributed by atoms with E-state index in [0.717, 1.165) is 18.3 Å². The van der Waals surface area contributed by atoms with Crippen molar-refractivity contribution in [3.8, 4) is 0 Å². The summed E-state index contributed by atoms with van der Waals surface area (Å²) in [5.41, 5.74) is -1.04. The molecule has 2 saturated heterocycles. The number of hydrogen-bond donors (Lipinski definition) is 1. The standard InChI is InChI=1S/C10H16.C9H13NO3.C2H4O2.C2H6/c1-2-6-10-8-4-3-7-9(10)5-1;1-6-2-3-10-8(12)7(5-11)4-9(6,10)13;1-4-2-3;1-2/h1,5,9-10H,2-4,6-8H2;5-7,13H,2-4H2,1H3;2H,1H3;1-2H3/t9-,10?;6?,7?,9-;;/m00../s1. The van der Waals surface area contributed by atoms with Crippen molar-refractivity contribution >= 4 is 18.7 Å². The van der Waals surface area contributed by atoms with E-state index in [-0.39, 0.29) is 18.2 Å². The third kappa shape index (κ3) is 6.39. The molecule has 6 nitrogen and oxygen atoms in total. The molecule has 3 unspecified atom stereocenters. The number of methoxy groups -OCH3 is 1. The maximum absolute atomic E-state index is 11.5. The summed E-state index contributed by atoms with van der Waals surface area (Å²) in [5.74, 6) is 1.30. The second kappa shape index (κ2) is 12.8. The molecule has 2 heterocycles. The summed E-state index contributed by atoms with van der Waals surface area (Å²) < 4.78 is 3.86. The highest BCUT2D eigenvalue weighted by molar-refractivity contribution is 5.94. The van der Waals surface area contributed by atoms with Crippen molar-refractivity contribution in [3.05, 3.63) is 12.2 Å². The Balaban J connectivity index is 0.000000234. The lowest BCUT2D eigenvalue weighted by atomic mass is 9.74. The van der Waals surface area contributed by atoms with Crippen molar-refractivity contribution in [1.29, 1.82) is 0 Å². The molecule has 0 aromatic carbocycles. The first kappa shape index (κ1) is 25.3. The number of carbonyl (C=O) groups excluding carboxylic acids is 3.